The summed E-state index contributed by atoms with van der Waals surface area (Å²) in [5.41, 5.74) is 0.757. The van der Waals surface area contributed by atoms with Crippen LogP contribution in [0.4, 0.5) is 14.5 Å². The largest absolute Gasteiger partial charge is 0.379 e. The van der Waals surface area contributed by atoms with E-state index in [9.17, 15) is 13.6 Å². The summed E-state index contributed by atoms with van der Waals surface area (Å²) in [5, 5.41) is 5.57. The zero-order valence-electron chi connectivity index (χ0n) is 15.6. The van der Waals surface area contributed by atoms with E-state index in [-0.39, 0.29) is 16.5 Å². The number of hydrogen-bond acceptors (Lipinski definition) is 4. The molecular weight excluding hydrogens is 402 g/mol. The smallest absolute Gasteiger partial charge is 0.257 e. The van der Waals surface area contributed by atoms with E-state index >= 15 is 0 Å². The lowest BCUT2D eigenvalue weighted by molar-refractivity contribution is 0.0394. The first-order valence-corrected chi connectivity index (χ1v) is 9.52. The van der Waals surface area contributed by atoms with Gasteiger partial charge in [0, 0.05) is 30.9 Å². The van der Waals surface area contributed by atoms with Crippen molar-refractivity contribution in [3.05, 3.63) is 64.7 Å². The van der Waals surface area contributed by atoms with Crippen LogP contribution in [0.1, 0.15) is 10.4 Å². The molecular formula is C20H21ClF2N4O2. The van der Waals surface area contributed by atoms with Crippen molar-refractivity contribution in [2.24, 2.45) is 4.99 Å². The monoisotopic (exact) mass is 422 g/mol. The molecule has 0 aliphatic carbocycles. The van der Waals surface area contributed by atoms with Crippen molar-refractivity contribution in [2.75, 3.05) is 44.7 Å². The van der Waals surface area contributed by atoms with E-state index in [1.165, 1.54) is 42.5 Å². The highest BCUT2D eigenvalue weighted by atomic mass is 35.5. The molecule has 1 amide bonds. The molecule has 6 nitrogen and oxygen atoms in total. The molecule has 0 radical (unpaired) electrons. The van der Waals surface area contributed by atoms with E-state index in [0.717, 1.165) is 13.1 Å². The number of morpholine rings is 1. The van der Waals surface area contributed by atoms with Gasteiger partial charge in [0.15, 0.2) is 0 Å². The third-order valence-electron chi connectivity index (χ3n) is 4.31. The normalized spacial score (nSPS) is 15.2. The third kappa shape index (κ3) is 6.49. The molecule has 2 aromatic carbocycles. The maximum Gasteiger partial charge on any atom is 0.257 e. The Morgan fingerprint density at radius 2 is 1.86 bits per heavy atom. The first kappa shape index (κ1) is 21.2. The minimum atomic E-state index is -0.543. The van der Waals surface area contributed by atoms with Crippen LogP contribution in [-0.2, 0) is 4.74 Å². The van der Waals surface area contributed by atoms with Gasteiger partial charge in [-0.25, -0.2) is 8.78 Å². The summed E-state index contributed by atoms with van der Waals surface area (Å²) in [7, 11) is 0. The molecule has 0 spiro atoms. The van der Waals surface area contributed by atoms with Crippen molar-refractivity contribution in [3.63, 3.8) is 0 Å². The van der Waals surface area contributed by atoms with Crippen LogP contribution in [0.25, 0.3) is 0 Å². The molecule has 154 valence electrons. The average Bonchev–Trinajstić information content (AvgIpc) is 2.72. The fourth-order valence-electron chi connectivity index (χ4n) is 2.73. The van der Waals surface area contributed by atoms with Crippen molar-refractivity contribution >= 4 is 29.2 Å². The summed E-state index contributed by atoms with van der Waals surface area (Å²) < 4.78 is 31.8. The van der Waals surface area contributed by atoms with Crippen molar-refractivity contribution < 1.29 is 18.3 Å². The Morgan fingerprint density at radius 1 is 1.14 bits per heavy atom. The quantitative estimate of drug-likeness (QED) is 0.574. The molecule has 1 aliphatic rings. The number of halogens is 3. The van der Waals surface area contributed by atoms with Crippen LogP contribution in [0.3, 0.4) is 0 Å². The van der Waals surface area contributed by atoms with Crippen LogP contribution in [-0.4, -0.2) is 56.2 Å². The van der Waals surface area contributed by atoms with Crippen LogP contribution < -0.4 is 10.6 Å². The molecule has 0 bridgehead atoms. The molecule has 29 heavy (non-hydrogen) atoms. The Hall–Kier alpha value is -2.55. The number of nitrogens with one attached hydrogen (secondary N) is 2. The zero-order valence-corrected chi connectivity index (χ0v) is 16.4. The highest BCUT2D eigenvalue weighted by Crippen LogP contribution is 2.19. The molecule has 1 fully saturated rings. The molecule has 1 heterocycles. The molecule has 1 saturated heterocycles. The van der Waals surface area contributed by atoms with Gasteiger partial charge in [-0.1, -0.05) is 11.6 Å². The fraction of sp³-hybridized carbons (Fsp3) is 0.300. The van der Waals surface area contributed by atoms with Gasteiger partial charge in [0.05, 0.1) is 24.8 Å². The van der Waals surface area contributed by atoms with E-state index in [1.807, 2.05) is 0 Å². The maximum absolute atomic E-state index is 13.4. The number of ether oxygens (including phenoxy) is 1. The SMILES string of the molecule is O=C(NC(=NCCN1CCOCC1)Nc1ccc(F)c(Cl)c1)c1ccc(F)cc1. The number of guanidine groups is 1. The number of rotatable bonds is 5. The average molecular weight is 423 g/mol. The zero-order chi connectivity index (χ0) is 20.6. The number of benzene rings is 2. The first-order chi connectivity index (χ1) is 14.0. The van der Waals surface area contributed by atoms with Gasteiger partial charge in [-0.2, -0.15) is 0 Å². The van der Waals surface area contributed by atoms with Crippen LogP contribution in [0.5, 0.6) is 0 Å². The molecule has 2 aromatic rings. The van der Waals surface area contributed by atoms with E-state index in [1.54, 1.807) is 0 Å². The van der Waals surface area contributed by atoms with Crippen molar-refractivity contribution in [2.45, 2.75) is 0 Å². The number of carbonyl (C=O) groups is 1. The summed E-state index contributed by atoms with van der Waals surface area (Å²) in [5.74, 6) is -1.23. The van der Waals surface area contributed by atoms with Gasteiger partial charge in [-0.05, 0) is 42.5 Å². The number of anilines is 1. The van der Waals surface area contributed by atoms with Gasteiger partial charge in [-0.15, -0.1) is 0 Å². The number of hydrogen-bond donors (Lipinski definition) is 2. The number of nitrogens with zero attached hydrogens (tertiary/aromatic N) is 2. The molecule has 0 atom stereocenters. The highest BCUT2D eigenvalue weighted by Gasteiger charge is 2.12. The lowest BCUT2D eigenvalue weighted by atomic mass is 10.2. The second kappa shape index (κ2) is 10.3. The predicted octanol–water partition coefficient (Wildman–Crippen LogP) is 3.15. The lowest BCUT2D eigenvalue weighted by Crippen LogP contribution is -2.39. The topological polar surface area (TPSA) is 66.0 Å². The third-order valence-corrected chi connectivity index (χ3v) is 4.60. The van der Waals surface area contributed by atoms with E-state index in [4.69, 9.17) is 16.3 Å². The van der Waals surface area contributed by atoms with Crippen LogP contribution >= 0.6 is 11.6 Å². The van der Waals surface area contributed by atoms with Crippen molar-refractivity contribution in [3.8, 4) is 0 Å². The maximum atomic E-state index is 13.4. The predicted molar refractivity (Wildman–Crippen MR) is 108 cm³/mol. The molecule has 0 saturated carbocycles. The molecule has 1 aliphatic heterocycles. The number of carbonyl (C=O) groups excluding carboxylic acids is 1. The van der Waals surface area contributed by atoms with E-state index in [0.29, 0.717) is 32.0 Å². The summed E-state index contributed by atoms with van der Waals surface area (Å²) in [4.78, 5) is 19.1. The lowest BCUT2D eigenvalue weighted by Gasteiger charge is -2.25. The Balaban J connectivity index is 1.70. The number of amides is 1. The van der Waals surface area contributed by atoms with Gasteiger partial charge in [0.1, 0.15) is 11.6 Å². The molecule has 9 heteroatoms. The molecule has 0 aromatic heterocycles. The van der Waals surface area contributed by atoms with Crippen molar-refractivity contribution in [1.82, 2.24) is 10.2 Å². The van der Waals surface area contributed by atoms with Gasteiger partial charge in [-0.3, -0.25) is 20.0 Å². The Bertz CT molecular complexity index is 871. The number of aliphatic imine (C=N–C) groups is 1. The molecule has 2 N–H and O–H groups in total. The highest BCUT2D eigenvalue weighted by molar-refractivity contribution is 6.31. The summed E-state index contributed by atoms with van der Waals surface area (Å²) in [6, 6.07) is 9.28. The van der Waals surface area contributed by atoms with Gasteiger partial charge in [0.2, 0.25) is 5.96 Å². The van der Waals surface area contributed by atoms with Crippen molar-refractivity contribution in [1.29, 1.82) is 0 Å². The van der Waals surface area contributed by atoms with Crippen LogP contribution in [0.15, 0.2) is 47.5 Å². The van der Waals surface area contributed by atoms with E-state index in [2.05, 4.69) is 20.5 Å². The second-order valence-electron chi connectivity index (χ2n) is 6.40. The first-order valence-electron chi connectivity index (χ1n) is 9.15. The summed E-state index contributed by atoms with van der Waals surface area (Å²) in [6.07, 6.45) is 0. The standard InChI is InChI=1S/C20H21ClF2N4O2/c21-17-13-16(5-6-18(17)23)25-20(24-7-8-27-9-11-29-12-10-27)26-19(28)14-1-3-15(22)4-2-14/h1-6,13H,7-12H2,(H2,24,25,26,28). The fourth-order valence-corrected chi connectivity index (χ4v) is 2.91. The van der Waals surface area contributed by atoms with Crippen LogP contribution in [0.2, 0.25) is 5.02 Å². The Kier molecular flexibility index (Phi) is 7.51. The van der Waals surface area contributed by atoms with Gasteiger partial charge >= 0.3 is 0 Å². The minimum absolute atomic E-state index is 0.0486. The summed E-state index contributed by atoms with van der Waals surface area (Å²) >= 11 is 5.82. The molecule has 3 rings (SSSR count). The van der Waals surface area contributed by atoms with E-state index < -0.39 is 17.5 Å². The summed E-state index contributed by atoms with van der Waals surface area (Å²) in [6.45, 7) is 4.15. The van der Waals surface area contributed by atoms with Gasteiger partial charge in [0.25, 0.3) is 5.91 Å². The minimum Gasteiger partial charge on any atom is -0.379 e. The van der Waals surface area contributed by atoms with Crippen LogP contribution in [0, 0.1) is 11.6 Å². The Morgan fingerprint density at radius 3 is 2.55 bits per heavy atom. The Labute approximate surface area is 172 Å². The molecule has 0 unspecified atom stereocenters. The van der Waals surface area contributed by atoms with Gasteiger partial charge < -0.3 is 10.1 Å². The second-order valence-corrected chi connectivity index (χ2v) is 6.81.